The summed E-state index contributed by atoms with van der Waals surface area (Å²) in [5.74, 6) is 5.77. The van der Waals surface area contributed by atoms with E-state index in [0.717, 1.165) is 34.1 Å². The van der Waals surface area contributed by atoms with Crippen molar-refractivity contribution in [2.24, 2.45) is 0 Å². The molecule has 2 aromatic carbocycles. The van der Waals surface area contributed by atoms with Gasteiger partial charge in [-0.1, -0.05) is 5.92 Å². The topological polar surface area (TPSA) is 47.4 Å². The predicted octanol–water partition coefficient (Wildman–Crippen LogP) is 6.13. The first-order valence-corrected chi connectivity index (χ1v) is 12.7. The first-order chi connectivity index (χ1) is 17.3. The van der Waals surface area contributed by atoms with Gasteiger partial charge in [0.1, 0.15) is 18.1 Å². The molecule has 10 heteroatoms. The van der Waals surface area contributed by atoms with E-state index in [-0.39, 0.29) is 23.8 Å². The summed E-state index contributed by atoms with van der Waals surface area (Å²) in [6, 6.07) is 9.78. The molecule has 0 spiro atoms. The Hall–Kier alpha value is -3.03. The number of nitrogens with zero attached hydrogens (tertiary/aromatic N) is 1. The Balaban J connectivity index is 1.63. The summed E-state index contributed by atoms with van der Waals surface area (Å²) >= 11 is 1.59. The summed E-state index contributed by atoms with van der Waals surface area (Å²) in [5.41, 5.74) is 1.49. The Morgan fingerprint density at radius 3 is 2.61 bits per heavy atom. The molecule has 5 nitrogen and oxygen atoms in total. The van der Waals surface area contributed by atoms with Gasteiger partial charge in [0.2, 0.25) is 0 Å². The SMILES string of the molecule is COc1cc(SC)ccc1NCC#Cc1cc2c(NC3CCOCC3)cc(F)cc2n1CC(F)(F)F. The van der Waals surface area contributed by atoms with Crippen LogP contribution >= 0.6 is 11.8 Å². The highest BCUT2D eigenvalue weighted by atomic mass is 32.2. The number of fused-ring (bicyclic) bond motifs is 1. The molecular formula is C26H27F4N3O2S. The lowest BCUT2D eigenvalue weighted by atomic mass is 10.1. The zero-order chi connectivity index (χ0) is 25.7. The van der Waals surface area contributed by atoms with Crippen LogP contribution in [0.4, 0.5) is 28.9 Å². The molecule has 1 aliphatic rings. The number of thioether (sulfide) groups is 1. The molecular weight excluding hydrogens is 494 g/mol. The summed E-state index contributed by atoms with van der Waals surface area (Å²) in [7, 11) is 1.57. The molecule has 1 fully saturated rings. The van der Waals surface area contributed by atoms with E-state index in [9.17, 15) is 17.6 Å². The van der Waals surface area contributed by atoms with Gasteiger partial charge >= 0.3 is 6.18 Å². The highest BCUT2D eigenvalue weighted by Gasteiger charge is 2.30. The third kappa shape index (κ3) is 6.39. The molecule has 1 aliphatic heterocycles. The van der Waals surface area contributed by atoms with Crippen LogP contribution in [0.5, 0.6) is 5.75 Å². The van der Waals surface area contributed by atoms with Gasteiger partial charge in [0, 0.05) is 35.2 Å². The van der Waals surface area contributed by atoms with E-state index < -0.39 is 18.5 Å². The van der Waals surface area contributed by atoms with E-state index in [1.807, 2.05) is 24.5 Å². The lowest BCUT2D eigenvalue weighted by Gasteiger charge is -2.24. The van der Waals surface area contributed by atoms with Gasteiger partial charge in [-0.3, -0.25) is 0 Å². The summed E-state index contributed by atoms with van der Waals surface area (Å²) in [5, 5.41) is 6.93. The largest absolute Gasteiger partial charge is 0.495 e. The number of hydrogen-bond donors (Lipinski definition) is 2. The van der Waals surface area contributed by atoms with Crippen LogP contribution < -0.4 is 15.4 Å². The van der Waals surface area contributed by atoms with Crippen molar-refractivity contribution in [1.29, 1.82) is 0 Å². The highest BCUT2D eigenvalue weighted by molar-refractivity contribution is 7.98. The average molecular weight is 522 g/mol. The zero-order valence-electron chi connectivity index (χ0n) is 20.0. The minimum absolute atomic E-state index is 0.0564. The summed E-state index contributed by atoms with van der Waals surface area (Å²) < 4.78 is 66.6. The number of nitrogens with one attached hydrogen (secondary N) is 2. The third-order valence-corrected chi connectivity index (χ3v) is 6.62. The van der Waals surface area contributed by atoms with Crippen molar-refractivity contribution in [2.75, 3.05) is 43.8 Å². The molecule has 0 aliphatic carbocycles. The Morgan fingerprint density at radius 2 is 1.92 bits per heavy atom. The van der Waals surface area contributed by atoms with Crippen molar-refractivity contribution in [2.45, 2.75) is 36.5 Å². The van der Waals surface area contributed by atoms with Crippen molar-refractivity contribution < 1.29 is 27.0 Å². The van der Waals surface area contributed by atoms with E-state index in [2.05, 4.69) is 22.5 Å². The Labute approximate surface area is 211 Å². The van der Waals surface area contributed by atoms with E-state index in [1.54, 1.807) is 24.9 Å². The fourth-order valence-corrected chi connectivity index (χ4v) is 4.61. The molecule has 36 heavy (non-hydrogen) atoms. The fourth-order valence-electron chi connectivity index (χ4n) is 4.18. The van der Waals surface area contributed by atoms with Crippen molar-refractivity contribution in [3.05, 3.63) is 47.9 Å². The number of anilines is 2. The molecule has 0 radical (unpaired) electrons. The van der Waals surface area contributed by atoms with Crippen LogP contribution in [0.3, 0.4) is 0 Å². The van der Waals surface area contributed by atoms with Crippen LogP contribution in [-0.4, -0.2) is 49.9 Å². The third-order valence-electron chi connectivity index (χ3n) is 5.90. The van der Waals surface area contributed by atoms with Crippen molar-refractivity contribution in [1.82, 2.24) is 4.57 Å². The standard InChI is InChI=1S/C26H27F4N3O2S/c1-34-25-15-20(36-2)5-6-22(25)31-9-3-4-19-14-21-23(32-18-7-10-35-11-8-18)12-17(27)13-24(21)33(19)16-26(28,29)30/h5-6,12-15,18,31-32H,7-11,16H2,1-2H3. The molecule has 4 rings (SSSR count). The lowest BCUT2D eigenvalue weighted by Crippen LogP contribution is -2.27. The van der Waals surface area contributed by atoms with Crippen LogP contribution in [0.1, 0.15) is 18.5 Å². The van der Waals surface area contributed by atoms with Crippen LogP contribution in [-0.2, 0) is 11.3 Å². The Morgan fingerprint density at radius 1 is 1.14 bits per heavy atom. The monoisotopic (exact) mass is 521 g/mol. The molecule has 0 atom stereocenters. The second-order valence-corrected chi connectivity index (χ2v) is 9.25. The van der Waals surface area contributed by atoms with Crippen LogP contribution in [0.2, 0.25) is 0 Å². The van der Waals surface area contributed by atoms with E-state index >= 15 is 0 Å². The molecule has 1 saturated heterocycles. The fraction of sp³-hybridized carbons (Fsp3) is 0.385. The summed E-state index contributed by atoms with van der Waals surface area (Å²) in [4.78, 5) is 1.04. The number of methoxy groups -OCH3 is 1. The van der Waals surface area contributed by atoms with Gasteiger partial charge in [-0.05, 0) is 61.4 Å². The van der Waals surface area contributed by atoms with E-state index in [4.69, 9.17) is 9.47 Å². The number of alkyl halides is 3. The number of halogens is 4. The van der Waals surface area contributed by atoms with Crippen molar-refractivity contribution in [3.8, 4) is 17.6 Å². The smallest absolute Gasteiger partial charge is 0.406 e. The Bertz CT molecular complexity index is 1270. The predicted molar refractivity (Wildman–Crippen MR) is 136 cm³/mol. The highest BCUT2D eigenvalue weighted by Crippen LogP contribution is 2.32. The minimum atomic E-state index is -4.49. The number of benzene rings is 2. The first-order valence-electron chi connectivity index (χ1n) is 11.5. The second-order valence-electron chi connectivity index (χ2n) is 8.37. The van der Waals surface area contributed by atoms with Crippen LogP contribution in [0.25, 0.3) is 10.9 Å². The average Bonchev–Trinajstić information content (AvgIpc) is 3.18. The van der Waals surface area contributed by atoms with Gasteiger partial charge < -0.3 is 24.7 Å². The number of rotatable bonds is 7. The first kappa shape index (κ1) is 26.0. The number of hydrogen-bond acceptors (Lipinski definition) is 5. The molecule has 192 valence electrons. The molecule has 0 unspecified atom stereocenters. The molecule has 0 bridgehead atoms. The molecule has 0 amide bonds. The number of ether oxygens (including phenoxy) is 2. The molecule has 2 heterocycles. The van der Waals surface area contributed by atoms with Crippen molar-refractivity contribution >= 4 is 34.0 Å². The van der Waals surface area contributed by atoms with Gasteiger partial charge in [-0.2, -0.15) is 13.2 Å². The maximum atomic E-state index is 14.5. The second kappa shape index (κ2) is 11.4. The van der Waals surface area contributed by atoms with Crippen LogP contribution in [0, 0.1) is 17.7 Å². The molecule has 2 N–H and O–H groups in total. The minimum Gasteiger partial charge on any atom is -0.495 e. The maximum Gasteiger partial charge on any atom is 0.406 e. The van der Waals surface area contributed by atoms with Gasteiger partial charge in [-0.25, -0.2) is 4.39 Å². The van der Waals surface area contributed by atoms with Gasteiger partial charge in [0.15, 0.2) is 0 Å². The van der Waals surface area contributed by atoms with Crippen molar-refractivity contribution in [3.63, 3.8) is 0 Å². The molecule has 1 aromatic heterocycles. The normalized spacial score (nSPS) is 14.4. The summed E-state index contributed by atoms with van der Waals surface area (Å²) in [6.45, 7) is 0.0849. The maximum absolute atomic E-state index is 14.5. The Kier molecular flexibility index (Phi) is 8.21. The van der Waals surface area contributed by atoms with Gasteiger partial charge in [-0.15, -0.1) is 11.8 Å². The molecule has 3 aromatic rings. The van der Waals surface area contributed by atoms with Gasteiger partial charge in [0.05, 0.1) is 30.6 Å². The van der Waals surface area contributed by atoms with E-state index in [0.29, 0.717) is 30.0 Å². The van der Waals surface area contributed by atoms with Gasteiger partial charge in [0.25, 0.3) is 0 Å². The quantitative estimate of drug-likeness (QED) is 0.223. The number of aromatic nitrogens is 1. The lowest BCUT2D eigenvalue weighted by molar-refractivity contribution is -0.140. The van der Waals surface area contributed by atoms with E-state index in [1.165, 1.54) is 6.07 Å². The zero-order valence-corrected chi connectivity index (χ0v) is 20.8. The summed E-state index contributed by atoms with van der Waals surface area (Å²) in [6.07, 6.45) is -1.06. The molecule has 0 saturated carbocycles. The van der Waals surface area contributed by atoms with Crippen LogP contribution in [0.15, 0.2) is 41.3 Å².